The highest BCUT2D eigenvalue weighted by atomic mass is 32.2. The van der Waals surface area contributed by atoms with Gasteiger partial charge in [0.05, 0.1) is 10.5 Å². The first-order chi connectivity index (χ1) is 9.13. The molecule has 0 atom stereocenters. The zero-order valence-corrected chi connectivity index (χ0v) is 10.8. The van der Waals surface area contributed by atoms with Crippen molar-refractivity contribution >= 4 is 17.4 Å². The normalized spacial score (nSPS) is 10.1. The monoisotopic (exact) mass is 275 g/mol. The Hall–Kier alpha value is -2.40. The fourth-order valence-electron chi connectivity index (χ4n) is 1.39. The van der Waals surface area contributed by atoms with E-state index in [-0.39, 0.29) is 11.3 Å². The highest BCUT2D eigenvalue weighted by molar-refractivity contribution is 7.99. The third-order valence-corrected chi connectivity index (χ3v) is 3.28. The summed E-state index contributed by atoms with van der Waals surface area (Å²) in [6.07, 6.45) is 0.735. The molecule has 0 spiro atoms. The largest absolute Gasteiger partial charge is 0.270 e. The number of nitro benzene ring substituents is 1. The summed E-state index contributed by atoms with van der Waals surface area (Å²) >= 11 is 1.20. The van der Waals surface area contributed by atoms with Gasteiger partial charge < -0.3 is 0 Å². The van der Waals surface area contributed by atoms with Gasteiger partial charge in [-0.05, 0) is 17.8 Å². The number of nitrogens with zero attached hydrogens (tertiary/aromatic N) is 4. The van der Waals surface area contributed by atoms with Crippen molar-refractivity contribution in [3.05, 3.63) is 39.7 Å². The fourth-order valence-corrected chi connectivity index (χ4v) is 2.18. The SMILES string of the molecule is CCc1nc(Sc2ccc([N+](=O)[O-])cc2C#N)n[nH]1. The van der Waals surface area contributed by atoms with E-state index in [1.807, 2.05) is 13.0 Å². The van der Waals surface area contributed by atoms with Crippen molar-refractivity contribution in [1.29, 1.82) is 5.26 Å². The van der Waals surface area contributed by atoms with E-state index in [4.69, 9.17) is 5.26 Å². The molecule has 1 N–H and O–H groups in total. The summed E-state index contributed by atoms with van der Waals surface area (Å²) in [5.74, 6) is 0.753. The number of benzene rings is 1. The highest BCUT2D eigenvalue weighted by Gasteiger charge is 2.13. The number of nitrogens with one attached hydrogen (secondary N) is 1. The van der Waals surface area contributed by atoms with Crippen molar-refractivity contribution < 1.29 is 4.92 Å². The molecule has 19 heavy (non-hydrogen) atoms. The lowest BCUT2D eigenvalue weighted by Gasteiger charge is -2.00. The molecule has 0 aliphatic heterocycles. The molecule has 2 aromatic rings. The molecule has 0 aliphatic carbocycles. The zero-order chi connectivity index (χ0) is 13.8. The molecule has 0 amide bonds. The number of aromatic nitrogens is 3. The summed E-state index contributed by atoms with van der Waals surface area (Å²) < 4.78 is 0. The number of hydrogen-bond acceptors (Lipinski definition) is 6. The number of aryl methyl sites for hydroxylation is 1. The Morgan fingerprint density at radius 1 is 1.58 bits per heavy atom. The first-order valence-electron chi connectivity index (χ1n) is 5.41. The van der Waals surface area contributed by atoms with E-state index in [1.165, 1.54) is 30.0 Å². The Kier molecular flexibility index (Phi) is 3.77. The van der Waals surface area contributed by atoms with Gasteiger partial charge in [0.25, 0.3) is 5.69 Å². The Balaban J connectivity index is 2.30. The second kappa shape index (κ2) is 5.49. The molecule has 2 rings (SSSR count). The van der Waals surface area contributed by atoms with Gasteiger partial charge >= 0.3 is 0 Å². The molecule has 0 radical (unpaired) electrons. The van der Waals surface area contributed by atoms with Crippen LogP contribution in [-0.4, -0.2) is 20.1 Å². The summed E-state index contributed by atoms with van der Waals surface area (Å²) in [6.45, 7) is 1.95. The van der Waals surface area contributed by atoms with Crippen LogP contribution in [0.2, 0.25) is 0 Å². The van der Waals surface area contributed by atoms with Gasteiger partial charge in [0.1, 0.15) is 11.9 Å². The Bertz CT molecular complexity index is 661. The topological polar surface area (TPSA) is 108 Å². The van der Waals surface area contributed by atoms with E-state index in [9.17, 15) is 10.1 Å². The quantitative estimate of drug-likeness (QED) is 0.677. The van der Waals surface area contributed by atoms with E-state index in [0.717, 1.165) is 12.2 Å². The number of nitro groups is 1. The molecule has 0 saturated carbocycles. The van der Waals surface area contributed by atoms with Crippen LogP contribution in [0, 0.1) is 21.4 Å². The van der Waals surface area contributed by atoms with Crippen molar-refractivity contribution in [2.75, 3.05) is 0 Å². The van der Waals surface area contributed by atoms with Crippen molar-refractivity contribution in [3.63, 3.8) is 0 Å². The van der Waals surface area contributed by atoms with Gasteiger partial charge in [-0.3, -0.25) is 15.2 Å². The van der Waals surface area contributed by atoms with Crippen LogP contribution in [0.25, 0.3) is 0 Å². The summed E-state index contributed by atoms with van der Waals surface area (Å²) in [4.78, 5) is 14.9. The molecule has 0 bridgehead atoms. The Morgan fingerprint density at radius 3 is 2.95 bits per heavy atom. The van der Waals surface area contributed by atoms with Crippen LogP contribution in [0.4, 0.5) is 5.69 Å². The standard InChI is InChI=1S/C11H9N5O2S/c1-2-10-13-11(15-14-10)19-9-4-3-8(16(17)18)5-7(9)6-12/h3-5H,2H2,1H3,(H,13,14,15). The van der Waals surface area contributed by atoms with E-state index in [2.05, 4.69) is 15.2 Å². The highest BCUT2D eigenvalue weighted by Crippen LogP contribution is 2.30. The van der Waals surface area contributed by atoms with Gasteiger partial charge in [-0.25, -0.2) is 4.98 Å². The first kappa shape index (κ1) is 13.0. The summed E-state index contributed by atoms with van der Waals surface area (Å²) in [7, 11) is 0. The maximum Gasteiger partial charge on any atom is 0.270 e. The van der Waals surface area contributed by atoms with E-state index in [1.54, 1.807) is 0 Å². The van der Waals surface area contributed by atoms with Crippen molar-refractivity contribution in [2.24, 2.45) is 0 Å². The fraction of sp³-hybridized carbons (Fsp3) is 0.182. The number of H-pyrrole nitrogens is 1. The molecule has 0 aliphatic rings. The van der Waals surface area contributed by atoms with Crippen molar-refractivity contribution in [2.45, 2.75) is 23.4 Å². The molecule has 96 valence electrons. The van der Waals surface area contributed by atoms with Crippen LogP contribution in [-0.2, 0) is 6.42 Å². The Morgan fingerprint density at radius 2 is 2.37 bits per heavy atom. The van der Waals surface area contributed by atoms with Gasteiger partial charge in [-0.15, -0.1) is 5.10 Å². The van der Waals surface area contributed by atoms with Crippen LogP contribution >= 0.6 is 11.8 Å². The summed E-state index contributed by atoms with van der Waals surface area (Å²) in [5, 5.41) is 26.9. The third-order valence-electron chi connectivity index (χ3n) is 2.34. The predicted molar refractivity (Wildman–Crippen MR) is 67.7 cm³/mol. The van der Waals surface area contributed by atoms with E-state index in [0.29, 0.717) is 10.1 Å². The first-order valence-corrected chi connectivity index (χ1v) is 6.23. The number of nitriles is 1. The third kappa shape index (κ3) is 2.89. The van der Waals surface area contributed by atoms with Gasteiger partial charge in [0, 0.05) is 23.4 Å². The smallest absolute Gasteiger partial charge is 0.262 e. The van der Waals surface area contributed by atoms with Crippen molar-refractivity contribution in [3.8, 4) is 6.07 Å². The van der Waals surface area contributed by atoms with E-state index >= 15 is 0 Å². The zero-order valence-electron chi connectivity index (χ0n) is 9.95. The van der Waals surface area contributed by atoms with Gasteiger partial charge in [-0.1, -0.05) is 6.92 Å². The minimum atomic E-state index is -0.530. The average molecular weight is 275 g/mol. The van der Waals surface area contributed by atoms with Crippen LogP contribution in [0.15, 0.2) is 28.3 Å². The van der Waals surface area contributed by atoms with Gasteiger partial charge in [-0.2, -0.15) is 5.26 Å². The maximum absolute atomic E-state index is 10.6. The number of rotatable bonds is 4. The molecule has 0 fully saturated rings. The van der Waals surface area contributed by atoms with Crippen LogP contribution in [0.5, 0.6) is 0 Å². The molecule has 7 nitrogen and oxygen atoms in total. The second-order valence-corrected chi connectivity index (χ2v) is 4.58. The number of hydrogen-bond donors (Lipinski definition) is 1. The summed E-state index contributed by atoms with van der Waals surface area (Å²) in [5.41, 5.74) is 0.132. The lowest BCUT2D eigenvalue weighted by Crippen LogP contribution is -1.90. The van der Waals surface area contributed by atoms with Crippen LogP contribution < -0.4 is 0 Å². The summed E-state index contributed by atoms with van der Waals surface area (Å²) in [6, 6.07) is 6.08. The molecule has 0 unspecified atom stereocenters. The van der Waals surface area contributed by atoms with Crippen molar-refractivity contribution in [1.82, 2.24) is 15.2 Å². The van der Waals surface area contributed by atoms with Crippen LogP contribution in [0.1, 0.15) is 18.3 Å². The van der Waals surface area contributed by atoms with Gasteiger partial charge in [0.2, 0.25) is 5.16 Å². The Labute approximate surface area is 112 Å². The molecule has 8 heteroatoms. The average Bonchev–Trinajstić information content (AvgIpc) is 2.86. The van der Waals surface area contributed by atoms with Crippen LogP contribution in [0.3, 0.4) is 0 Å². The molecular weight excluding hydrogens is 266 g/mol. The molecule has 1 aromatic heterocycles. The number of aromatic amines is 1. The molecule has 0 saturated heterocycles. The molecule has 1 aromatic carbocycles. The molecular formula is C11H9N5O2S. The lowest BCUT2D eigenvalue weighted by atomic mass is 10.2. The minimum Gasteiger partial charge on any atom is -0.262 e. The van der Waals surface area contributed by atoms with Gasteiger partial charge in [0.15, 0.2) is 0 Å². The second-order valence-electron chi connectivity index (χ2n) is 3.57. The molecule has 1 heterocycles. The minimum absolute atomic E-state index is 0.106. The number of non-ortho nitro benzene ring substituents is 1. The predicted octanol–water partition coefficient (Wildman–Crippen LogP) is 2.30. The lowest BCUT2D eigenvalue weighted by molar-refractivity contribution is -0.384. The maximum atomic E-state index is 10.6. The van der Waals surface area contributed by atoms with E-state index < -0.39 is 4.92 Å².